The van der Waals surface area contributed by atoms with Gasteiger partial charge in [0.25, 0.3) is 0 Å². The van der Waals surface area contributed by atoms with Crippen molar-refractivity contribution in [2.45, 2.75) is 77.0 Å². The van der Waals surface area contributed by atoms with Crippen molar-refractivity contribution in [2.24, 2.45) is 5.41 Å². The normalized spacial score (nSPS) is 26.4. The molecule has 138 valence electrons. The van der Waals surface area contributed by atoms with Crippen molar-refractivity contribution in [1.29, 1.82) is 0 Å². The molecule has 1 aromatic heterocycles. The maximum atomic E-state index is 12.2. The van der Waals surface area contributed by atoms with E-state index in [4.69, 9.17) is 4.74 Å². The fourth-order valence-electron chi connectivity index (χ4n) is 4.75. The number of carbonyl (C=O) groups is 1. The number of hydrogen-bond acceptors (Lipinski definition) is 3. The number of nitrogens with zero attached hydrogens (tertiary/aromatic N) is 2. The van der Waals surface area contributed by atoms with Crippen molar-refractivity contribution in [3.8, 4) is 0 Å². The lowest BCUT2D eigenvalue weighted by Crippen LogP contribution is -2.68. The molecule has 2 atom stereocenters. The highest BCUT2D eigenvalue weighted by Crippen LogP contribution is 2.57. The van der Waals surface area contributed by atoms with Crippen molar-refractivity contribution in [3.63, 3.8) is 0 Å². The standard InChI is InChI=1S/C19H30N4O2/c1-2-25-16-12-15(19(16)8-5-9-19)22-18(24)20-10-7-14-13-23-11-4-3-6-17(23)21-14/h13,15-16H,2-12H2,1H3,(H2,20,22,24)/t15-,16-/m1/s1. The molecule has 1 spiro atoms. The van der Waals surface area contributed by atoms with Gasteiger partial charge in [0.05, 0.1) is 11.8 Å². The zero-order valence-corrected chi connectivity index (χ0v) is 15.2. The van der Waals surface area contributed by atoms with Crippen LogP contribution in [-0.4, -0.2) is 40.9 Å². The predicted octanol–water partition coefficient (Wildman–Crippen LogP) is 2.41. The minimum Gasteiger partial charge on any atom is -0.378 e. The van der Waals surface area contributed by atoms with Crippen molar-refractivity contribution < 1.29 is 9.53 Å². The molecular weight excluding hydrogens is 316 g/mol. The smallest absolute Gasteiger partial charge is 0.315 e. The van der Waals surface area contributed by atoms with E-state index in [2.05, 4.69) is 26.4 Å². The van der Waals surface area contributed by atoms with Crippen LogP contribution >= 0.6 is 0 Å². The minimum absolute atomic E-state index is 0.0461. The Balaban J connectivity index is 1.21. The van der Waals surface area contributed by atoms with E-state index in [-0.39, 0.29) is 17.5 Å². The van der Waals surface area contributed by atoms with E-state index >= 15 is 0 Å². The van der Waals surface area contributed by atoms with E-state index in [1.807, 2.05) is 6.92 Å². The number of amides is 2. The van der Waals surface area contributed by atoms with E-state index < -0.39 is 0 Å². The van der Waals surface area contributed by atoms with E-state index in [9.17, 15) is 4.79 Å². The number of aromatic nitrogens is 2. The number of hydrogen-bond donors (Lipinski definition) is 2. The van der Waals surface area contributed by atoms with Crippen LogP contribution in [0.15, 0.2) is 6.20 Å². The van der Waals surface area contributed by atoms with Crippen LogP contribution in [0.25, 0.3) is 0 Å². The lowest BCUT2D eigenvalue weighted by atomic mass is 9.51. The molecule has 25 heavy (non-hydrogen) atoms. The summed E-state index contributed by atoms with van der Waals surface area (Å²) in [6.45, 7) is 4.53. The summed E-state index contributed by atoms with van der Waals surface area (Å²) in [5.74, 6) is 1.20. The number of urea groups is 1. The van der Waals surface area contributed by atoms with Gasteiger partial charge >= 0.3 is 6.03 Å². The van der Waals surface area contributed by atoms with Gasteiger partial charge in [0.15, 0.2) is 0 Å². The molecule has 6 nitrogen and oxygen atoms in total. The molecule has 3 aliphatic rings. The number of nitrogens with one attached hydrogen (secondary N) is 2. The van der Waals surface area contributed by atoms with Gasteiger partial charge in [0.2, 0.25) is 0 Å². The molecule has 2 saturated carbocycles. The zero-order chi connectivity index (χ0) is 17.3. The number of carbonyl (C=O) groups excluding carboxylic acids is 1. The van der Waals surface area contributed by atoms with Crippen LogP contribution in [0.3, 0.4) is 0 Å². The predicted molar refractivity (Wildman–Crippen MR) is 95.5 cm³/mol. The summed E-state index contributed by atoms with van der Waals surface area (Å²) >= 11 is 0. The quantitative estimate of drug-likeness (QED) is 0.831. The van der Waals surface area contributed by atoms with E-state index in [1.54, 1.807) is 0 Å². The molecule has 0 bridgehead atoms. The number of imidazole rings is 1. The van der Waals surface area contributed by atoms with Gasteiger partial charge in [-0.05, 0) is 39.0 Å². The molecule has 6 heteroatoms. The highest BCUT2D eigenvalue weighted by Gasteiger charge is 2.59. The van der Waals surface area contributed by atoms with Gasteiger partial charge in [0.1, 0.15) is 5.82 Å². The molecule has 0 aromatic carbocycles. The van der Waals surface area contributed by atoms with Crippen molar-refractivity contribution in [3.05, 3.63) is 17.7 Å². The lowest BCUT2D eigenvalue weighted by Gasteiger charge is -2.60. The summed E-state index contributed by atoms with van der Waals surface area (Å²) in [5.41, 5.74) is 1.31. The summed E-state index contributed by atoms with van der Waals surface area (Å²) in [7, 11) is 0. The number of aryl methyl sites for hydroxylation is 2. The van der Waals surface area contributed by atoms with Gasteiger partial charge < -0.3 is 19.9 Å². The third kappa shape index (κ3) is 3.16. The van der Waals surface area contributed by atoms with E-state index in [1.165, 1.54) is 37.9 Å². The van der Waals surface area contributed by atoms with Crippen LogP contribution in [0.4, 0.5) is 4.79 Å². The molecule has 0 radical (unpaired) electrons. The Labute approximate surface area is 149 Å². The first kappa shape index (κ1) is 16.9. The first-order valence-electron chi connectivity index (χ1n) is 9.92. The summed E-state index contributed by atoms with van der Waals surface area (Å²) < 4.78 is 8.11. The topological polar surface area (TPSA) is 68.2 Å². The lowest BCUT2D eigenvalue weighted by molar-refractivity contribution is -0.169. The third-order valence-electron chi connectivity index (χ3n) is 6.37. The maximum Gasteiger partial charge on any atom is 0.315 e. The molecule has 1 aliphatic heterocycles. The van der Waals surface area contributed by atoms with E-state index in [0.717, 1.165) is 38.1 Å². The SMILES string of the molecule is CCO[C@@H]1C[C@@H](NC(=O)NCCc2cn3c(n2)CCCC3)C12CCC2. The number of fused-ring (bicyclic) bond motifs is 1. The average molecular weight is 346 g/mol. The Bertz CT molecular complexity index is 599. The third-order valence-corrected chi connectivity index (χ3v) is 6.37. The van der Waals surface area contributed by atoms with Crippen molar-refractivity contribution >= 4 is 6.03 Å². The Morgan fingerprint density at radius 1 is 1.40 bits per heavy atom. The Kier molecular flexibility index (Phi) is 4.71. The molecule has 4 rings (SSSR count). The monoisotopic (exact) mass is 346 g/mol. The van der Waals surface area contributed by atoms with Gasteiger partial charge in [0, 0.05) is 50.2 Å². The van der Waals surface area contributed by atoms with Crippen LogP contribution in [0.5, 0.6) is 0 Å². The zero-order valence-electron chi connectivity index (χ0n) is 15.2. The largest absolute Gasteiger partial charge is 0.378 e. The van der Waals surface area contributed by atoms with Crippen molar-refractivity contribution in [1.82, 2.24) is 20.2 Å². The molecule has 2 heterocycles. The Morgan fingerprint density at radius 3 is 3.00 bits per heavy atom. The van der Waals surface area contributed by atoms with E-state index in [0.29, 0.717) is 12.6 Å². The summed E-state index contributed by atoms with van der Waals surface area (Å²) in [5, 5.41) is 6.18. The molecule has 0 saturated heterocycles. The van der Waals surface area contributed by atoms with Crippen LogP contribution in [0.2, 0.25) is 0 Å². The summed E-state index contributed by atoms with van der Waals surface area (Å²) in [6.07, 6.45) is 11.4. The molecule has 2 aliphatic carbocycles. The Morgan fingerprint density at radius 2 is 2.28 bits per heavy atom. The van der Waals surface area contributed by atoms with Gasteiger partial charge in [-0.2, -0.15) is 0 Å². The van der Waals surface area contributed by atoms with Gasteiger partial charge in [-0.3, -0.25) is 0 Å². The highest BCUT2D eigenvalue weighted by molar-refractivity contribution is 5.74. The summed E-state index contributed by atoms with van der Waals surface area (Å²) in [6, 6.07) is 0.230. The molecule has 2 fully saturated rings. The van der Waals surface area contributed by atoms with Gasteiger partial charge in [-0.1, -0.05) is 6.42 Å². The summed E-state index contributed by atoms with van der Waals surface area (Å²) in [4.78, 5) is 16.9. The van der Waals surface area contributed by atoms with Crippen LogP contribution < -0.4 is 10.6 Å². The average Bonchev–Trinajstić information content (AvgIpc) is 2.95. The second-order valence-corrected chi connectivity index (χ2v) is 7.77. The second kappa shape index (κ2) is 6.98. The maximum absolute atomic E-state index is 12.2. The van der Waals surface area contributed by atoms with Crippen LogP contribution in [-0.2, 0) is 24.1 Å². The minimum atomic E-state index is -0.0461. The molecular formula is C19H30N4O2. The molecule has 0 unspecified atom stereocenters. The van der Waals surface area contributed by atoms with Crippen LogP contribution in [0.1, 0.15) is 57.0 Å². The highest BCUT2D eigenvalue weighted by atomic mass is 16.5. The fourth-order valence-corrected chi connectivity index (χ4v) is 4.75. The molecule has 2 amide bonds. The fraction of sp³-hybridized carbons (Fsp3) is 0.789. The number of rotatable bonds is 6. The molecule has 2 N–H and O–H groups in total. The van der Waals surface area contributed by atoms with Crippen molar-refractivity contribution in [2.75, 3.05) is 13.2 Å². The van der Waals surface area contributed by atoms with Gasteiger partial charge in [-0.15, -0.1) is 0 Å². The first-order chi connectivity index (χ1) is 12.2. The first-order valence-corrected chi connectivity index (χ1v) is 9.92. The van der Waals surface area contributed by atoms with Crippen LogP contribution in [0, 0.1) is 5.41 Å². The second-order valence-electron chi connectivity index (χ2n) is 7.77. The number of ether oxygens (including phenoxy) is 1. The Hall–Kier alpha value is -1.56. The molecule has 1 aromatic rings. The van der Waals surface area contributed by atoms with Gasteiger partial charge in [-0.25, -0.2) is 9.78 Å².